The van der Waals surface area contributed by atoms with Crippen LogP contribution in [0.4, 0.5) is 5.69 Å². The fourth-order valence-corrected chi connectivity index (χ4v) is 2.68. The molecule has 1 aromatic rings. The molecule has 2 rings (SSSR count). The maximum absolute atomic E-state index is 11.7. The molecular formula is C17H21NO6. The molecule has 1 aromatic carbocycles. The SMILES string of the molecule is O=C(CCC(=O)Oc1cccc([N+](=O)[O-])c1)OCC1CCCCC1. The Morgan fingerprint density at radius 3 is 2.54 bits per heavy atom. The molecule has 1 saturated carbocycles. The summed E-state index contributed by atoms with van der Waals surface area (Å²) in [5.41, 5.74) is -0.160. The minimum absolute atomic E-state index is 0.0551. The van der Waals surface area contributed by atoms with Gasteiger partial charge in [-0.1, -0.05) is 25.3 Å². The standard InChI is InChI=1S/C17H21NO6/c19-16(23-12-13-5-2-1-3-6-13)9-10-17(20)24-15-8-4-7-14(11-15)18(21)22/h4,7-8,11,13H,1-3,5-6,9-10,12H2. The number of benzene rings is 1. The monoisotopic (exact) mass is 335 g/mol. The quantitative estimate of drug-likeness (QED) is 0.328. The van der Waals surface area contributed by atoms with Crippen LogP contribution in [0.25, 0.3) is 0 Å². The Morgan fingerprint density at radius 2 is 1.83 bits per heavy atom. The largest absolute Gasteiger partial charge is 0.465 e. The normalized spacial score (nSPS) is 14.8. The van der Waals surface area contributed by atoms with E-state index in [1.807, 2.05) is 0 Å². The number of carbonyl (C=O) groups is 2. The first kappa shape index (κ1) is 17.9. The van der Waals surface area contributed by atoms with Gasteiger partial charge in [0, 0.05) is 6.07 Å². The number of non-ortho nitro benzene ring substituents is 1. The van der Waals surface area contributed by atoms with Gasteiger partial charge in [0.1, 0.15) is 5.75 Å². The van der Waals surface area contributed by atoms with Crippen LogP contribution in [0.5, 0.6) is 5.75 Å². The van der Waals surface area contributed by atoms with Gasteiger partial charge in [0.25, 0.3) is 5.69 Å². The maximum Gasteiger partial charge on any atom is 0.311 e. The zero-order valence-electron chi connectivity index (χ0n) is 13.4. The molecule has 0 spiro atoms. The zero-order chi connectivity index (χ0) is 17.4. The van der Waals surface area contributed by atoms with E-state index < -0.39 is 16.9 Å². The Balaban J connectivity index is 1.69. The summed E-state index contributed by atoms with van der Waals surface area (Å²) in [5, 5.41) is 10.7. The van der Waals surface area contributed by atoms with Crippen molar-refractivity contribution in [1.82, 2.24) is 0 Å². The van der Waals surface area contributed by atoms with Gasteiger partial charge < -0.3 is 9.47 Å². The number of hydrogen-bond donors (Lipinski definition) is 0. The van der Waals surface area contributed by atoms with Gasteiger partial charge in [0.2, 0.25) is 0 Å². The molecule has 0 aliphatic heterocycles. The first-order valence-electron chi connectivity index (χ1n) is 8.15. The third kappa shape index (κ3) is 5.98. The van der Waals surface area contributed by atoms with Crippen LogP contribution < -0.4 is 4.74 Å². The molecule has 0 atom stereocenters. The maximum atomic E-state index is 11.7. The van der Waals surface area contributed by atoms with Crippen LogP contribution in [-0.4, -0.2) is 23.5 Å². The molecule has 7 heteroatoms. The molecule has 0 N–H and O–H groups in total. The zero-order valence-corrected chi connectivity index (χ0v) is 13.4. The number of esters is 2. The molecule has 0 saturated heterocycles. The second-order valence-corrected chi connectivity index (χ2v) is 5.92. The number of ether oxygens (including phenoxy) is 2. The topological polar surface area (TPSA) is 95.7 Å². The number of nitrogens with zero attached hydrogens (tertiary/aromatic N) is 1. The van der Waals surface area contributed by atoms with Gasteiger partial charge in [0.15, 0.2) is 0 Å². The molecule has 0 radical (unpaired) electrons. The Bertz CT molecular complexity index is 594. The highest BCUT2D eigenvalue weighted by Gasteiger charge is 2.17. The van der Waals surface area contributed by atoms with Crippen LogP contribution in [-0.2, 0) is 14.3 Å². The Hall–Kier alpha value is -2.44. The highest BCUT2D eigenvalue weighted by Crippen LogP contribution is 2.24. The van der Waals surface area contributed by atoms with Crippen LogP contribution in [0.2, 0.25) is 0 Å². The highest BCUT2D eigenvalue weighted by molar-refractivity contribution is 5.79. The number of rotatable bonds is 7. The third-order valence-electron chi connectivity index (χ3n) is 4.00. The van der Waals surface area contributed by atoms with Gasteiger partial charge in [-0.15, -0.1) is 0 Å². The molecule has 0 unspecified atom stereocenters. The minimum Gasteiger partial charge on any atom is -0.465 e. The van der Waals surface area contributed by atoms with Crippen LogP contribution in [0, 0.1) is 16.0 Å². The van der Waals surface area contributed by atoms with Gasteiger partial charge in [-0.3, -0.25) is 19.7 Å². The first-order valence-corrected chi connectivity index (χ1v) is 8.15. The van der Waals surface area contributed by atoms with Crippen molar-refractivity contribution in [3.63, 3.8) is 0 Å². The van der Waals surface area contributed by atoms with Crippen LogP contribution in [0.1, 0.15) is 44.9 Å². The van der Waals surface area contributed by atoms with E-state index in [1.54, 1.807) is 0 Å². The molecule has 7 nitrogen and oxygen atoms in total. The van der Waals surface area contributed by atoms with E-state index in [9.17, 15) is 19.7 Å². The molecule has 1 aliphatic rings. The fraction of sp³-hybridized carbons (Fsp3) is 0.529. The molecule has 0 bridgehead atoms. The van der Waals surface area contributed by atoms with Gasteiger partial charge in [-0.25, -0.2) is 0 Å². The predicted octanol–water partition coefficient (Wildman–Crippen LogP) is 3.40. The lowest BCUT2D eigenvalue weighted by atomic mass is 9.90. The van der Waals surface area contributed by atoms with E-state index in [0.29, 0.717) is 12.5 Å². The summed E-state index contributed by atoms with van der Waals surface area (Å²) in [6.45, 7) is 0.415. The van der Waals surface area contributed by atoms with Gasteiger partial charge in [-0.05, 0) is 24.8 Å². The summed E-state index contributed by atoms with van der Waals surface area (Å²) in [7, 11) is 0. The smallest absolute Gasteiger partial charge is 0.311 e. The van der Waals surface area contributed by atoms with E-state index in [1.165, 1.54) is 43.5 Å². The van der Waals surface area contributed by atoms with Crippen LogP contribution in [0.15, 0.2) is 24.3 Å². The van der Waals surface area contributed by atoms with E-state index in [0.717, 1.165) is 12.8 Å². The Labute approximate surface area is 140 Å². The van der Waals surface area contributed by atoms with Crippen molar-refractivity contribution < 1.29 is 24.0 Å². The van der Waals surface area contributed by atoms with Crippen molar-refractivity contribution in [3.8, 4) is 5.75 Å². The molecule has 130 valence electrons. The van der Waals surface area contributed by atoms with Crippen molar-refractivity contribution in [1.29, 1.82) is 0 Å². The number of nitro groups is 1. The average molecular weight is 335 g/mol. The van der Waals surface area contributed by atoms with Gasteiger partial charge in [0.05, 0.1) is 30.4 Å². The number of hydrogen-bond acceptors (Lipinski definition) is 6. The van der Waals surface area contributed by atoms with E-state index in [4.69, 9.17) is 9.47 Å². The second kappa shape index (κ2) is 9.00. The van der Waals surface area contributed by atoms with Crippen molar-refractivity contribution in [2.75, 3.05) is 6.61 Å². The van der Waals surface area contributed by atoms with Crippen LogP contribution >= 0.6 is 0 Å². The van der Waals surface area contributed by atoms with Crippen molar-refractivity contribution >= 4 is 17.6 Å². The molecule has 0 heterocycles. The van der Waals surface area contributed by atoms with Crippen LogP contribution in [0.3, 0.4) is 0 Å². The van der Waals surface area contributed by atoms with Crippen molar-refractivity contribution in [3.05, 3.63) is 34.4 Å². The van der Waals surface area contributed by atoms with E-state index in [2.05, 4.69) is 0 Å². The summed E-state index contributed by atoms with van der Waals surface area (Å²) < 4.78 is 10.2. The molecule has 1 aliphatic carbocycles. The predicted molar refractivity (Wildman–Crippen MR) is 85.5 cm³/mol. The highest BCUT2D eigenvalue weighted by atomic mass is 16.6. The number of carbonyl (C=O) groups excluding carboxylic acids is 2. The summed E-state index contributed by atoms with van der Waals surface area (Å²) >= 11 is 0. The molecule has 1 fully saturated rings. The molecule has 0 aromatic heterocycles. The summed E-state index contributed by atoms with van der Waals surface area (Å²) in [4.78, 5) is 33.5. The van der Waals surface area contributed by atoms with E-state index >= 15 is 0 Å². The lowest BCUT2D eigenvalue weighted by Gasteiger charge is -2.20. The fourth-order valence-electron chi connectivity index (χ4n) is 2.68. The number of nitro benzene ring substituents is 1. The van der Waals surface area contributed by atoms with Gasteiger partial charge in [-0.2, -0.15) is 0 Å². The first-order chi connectivity index (χ1) is 11.5. The summed E-state index contributed by atoms with van der Waals surface area (Å²) in [6, 6.07) is 5.35. The van der Waals surface area contributed by atoms with Gasteiger partial charge >= 0.3 is 11.9 Å². The molecule has 0 amide bonds. The van der Waals surface area contributed by atoms with Crippen molar-refractivity contribution in [2.24, 2.45) is 5.92 Å². The summed E-state index contributed by atoms with van der Waals surface area (Å²) in [5.74, 6) is -0.522. The third-order valence-corrected chi connectivity index (χ3v) is 4.00. The Morgan fingerprint density at radius 1 is 1.12 bits per heavy atom. The lowest BCUT2D eigenvalue weighted by Crippen LogP contribution is -2.18. The lowest BCUT2D eigenvalue weighted by molar-refractivity contribution is -0.384. The minimum atomic E-state index is -0.620. The van der Waals surface area contributed by atoms with E-state index in [-0.39, 0.29) is 24.3 Å². The summed E-state index contributed by atoms with van der Waals surface area (Å²) in [6.07, 6.45) is 5.60. The van der Waals surface area contributed by atoms with Crippen molar-refractivity contribution in [2.45, 2.75) is 44.9 Å². The average Bonchev–Trinajstić information content (AvgIpc) is 2.59. The molecular weight excluding hydrogens is 314 g/mol. The Kier molecular flexibility index (Phi) is 6.72. The second-order valence-electron chi connectivity index (χ2n) is 5.92. The molecule has 24 heavy (non-hydrogen) atoms.